The third kappa shape index (κ3) is 1.57. The van der Waals surface area contributed by atoms with E-state index >= 15 is 0 Å². The van der Waals surface area contributed by atoms with Gasteiger partial charge in [0.2, 0.25) is 0 Å². The number of halogens is 2. The maximum atomic E-state index is 11.1. The summed E-state index contributed by atoms with van der Waals surface area (Å²) in [7, 11) is 0. The maximum absolute atomic E-state index is 11.1. The zero-order valence-corrected chi connectivity index (χ0v) is 10.5. The van der Waals surface area contributed by atoms with Crippen molar-refractivity contribution in [3.63, 3.8) is 0 Å². The van der Waals surface area contributed by atoms with Gasteiger partial charge in [0.15, 0.2) is 0 Å². The molecule has 0 amide bonds. The molecular formula is C14H6Cl2O2. The lowest BCUT2D eigenvalue weighted by Gasteiger charge is -2.24. The minimum atomic E-state index is -0.490. The smallest absolute Gasteiger partial charge is 0.252 e. The molecule has 0 saturated carbocycles. The monoisotopic (exact) mass is 276 g/mol. The molecule has 0 bridgehead atoms. The van der Waals surface area contributed by atoms with Crippen molar-refractivity contribution in [2.24, 2.45) is 0 Å². The van der Waals surface area contributed by atoms with E-state index in [-0.39, 0.29) is 0 Å². The highest BCUT2D eigenvalue weighted by Gasteiger charge is 2.24. The molecule has 0 fully saturated rings. The number of fused-ring (bicyclic) bond motifs is 4. The number of carbonyl (C=O) groups excluding carboxylic acids is 2. The fourth-order valence-electron chi connectivity index (χ4n) is 2.19. The molecule has 0 spiro atoms. The Morgan fingerprint density at radius 3 is 1.39 bits per heavy atom. The first-order chi connectivity index (χ1) is 8.58. The van der Waals surface area contributed by atoms with Crippen LogP contribution < -0.4 is 0 Å². The summed E-state index contributed by atoms with van der Waals surface area (Å²) in [5.41, 5.74) is 4.86. The molecule has 88 valence electrons. The van der Waals surface area contributed by atoms with Crippen LogP contribution in [0.15, 0.2) is 36.4 Å². The minimum Gasteiger partial charge on any atom is -0.276 e. The Morgan fingerprint density at radius 1 is 0.667 bits per heavy atom. The average molecular weight is 277 g/mol. The van der Waals surface area contributed by atoms with Crippen LogP contribution in [0.5, 0.6) is 0 Å². The molecule has 0 unspecified atom stereocenters. The van der Waals surface area contributed by atoms with Crippen LogP contribution in [0, 0.1) is 0 Å². The zero-order valence-electron chi connectivity index (χ0n) is 9.04. The van der Waals surface area contributed by atoms with Crippen molar-refractivity contribution < 1.29 is 9.59 Å². The first kappa shape index (κ1) is 11.5. The molecule has 0 N–H and O–H groups in total. The van der Waals surface area contributed by atoms with Crippen molar-refractivity contribution in [1.82, 2.24) is 0 Å². The van der Waals surface area contributed by atoms with Gasteiger partial charge in [-0.25, -0.2) is 0 Å². The van der Waals surface area contributed by atoms with E-state index in [9.17, 15) is 9.59 Å². The second-order valence-corrected chi connectivity index (χ2v) is 4.75. The molecule has 0 radical (unpaired) electrons. The molecule has 0 atom stereocenters. The molecule has 1 aliphatic rings. The van der Waals surface area contributed by atoms with Gasteiger partial charge in [-0.15, -0.1) is 0 Å². The second-order valence-electron chi connectivity index (χ2n) is 4.07. The fourth-order valence-corrected chi connectivity index (χ4v) is 2.42. The molecule has 1 aliphatic carbocycles. The van der Waals surface area contributed by atoms with Gasteiger partial charge < -0.3 is 0 Å². The van der Waals surface area contributed by atoms with Gasteiger partial charge in [-0.1, -0.05) is 12.1 Å². The van der Waals surface area contributed by atoms with Crippen LogP contribution in [0.25, 0.3) is 22.3 Å². The summed E-state index contributed by atoms with van der Waals surface area (Å²) in [6.45, 7) is 0. The normalized spacial score (nSPS) is 11.2. The number of rotatable bonds is 2. The van der Waals surface area contributed by atoms with Crippen LogP contribution in [0.3, 0.4) is 0 Å². The quantitative estimate of drug-likeness (QED) is 0.661. The third-order valence-electron chi connectivity index (χ3n) is 3.07. The Morgan fingerprint density at radius 2 is 1.06 bits per heavy atom. The molecule has 2 nitrogen and oxygen atoms in total. The van der Waals surface area contributed by atoms with Crippen molar-refractivity contribution in [3.8, 4) is 22.3 Å². The Kier molecular flexibility index (Phi) is 2.51. The summed E-state index contributed by atoms with van der Waals surface area (Å²) in [6, 6.07) is 10.6. The molecule has 0 aromatic heterocycles. The number of hydrogen-bond acceptors (Lipinski definition) is 2. The Hall–Kier alpha value is -1.64. The summed E-state index contributed by atoms with van der Waals surface area (Å²) in [5.74, 6) is 0. The molecule has 2 aromatic carbocycles. The van der Waals surface area contributed by atoms with Crippen molar-refractivity contribution in [2.75, 3.05) is 0 Å². The van der Waals surface area contributed by atoms with E-state index in [2.05, 4.69) is 0 Å². The predicted octanol–water partition coefficient (Wildman–Crippen LogP) is 4.09. The summed E-state index contributed by atoms with van der Waals surface area (Å²) >= 11 is 10.9. The van der Waals surface area contributed by atoms with E-state index in [4.69, 9.17) is 23.2 Å². The predicted molar refractivity (Wildman–Crippen MR) is 71.2 cm³/mol. The lowest BCUT2D eigenvalue weighted by molar-refractivity contribution is 0.107. The summed E-state index contributed by atoms with van der Waals surface area (Å²) in [5, 5.41) is -0.980. The van der Waals surface area contributed by atoms with Crippen molar-refractivity contribution in [2.45, 2.75) is 0 Å². The molecule has 0 saturated heterocycles. The zero-order chi connectivity index (χ0) is 12.9. The van der Waals surface area contributed by atoms with Gasteiger partial charge in [0.05, 0.1) is 0 Å². The first-order valence-electron chi connectivity index (χ1n) is 5.26. The molecule has 4 heteroatoms. The SMILES string of the molecule is O=C(Cl)c1ccc2c(c1)-c1cc(C(=O)Cl)ccc1-2. The highest BCUT2D eigenvalue weighted by Crippen LogP contribution is 2.47. The molecular weight excluding hydrogens is 271 g/mol. The Balaban J connectivity index is 2.13. The maximum Gasteiger partial charge on any atom is 0.252 e. The van der Waals surface area contributed by atoms with E-state index in [1.165, 1.54) is 0 Å². The van der Waals surface area contributed by atoms with Crippen LogP contribution in [-0.2, 0) is 0 Å². The van der Waals surface area contributed by atoms with E-state index in [0.29, 0.717) is 11.1 Å². The van der Waals surface area contributed by atoms with Crippen LogP contribution in [0.1, 0.15) is 20.7 Å². The van der Waals surface area contributed by atoms with Gasteiger partial charge in [-0.2, -0.15) is 0 Å². The lowest BCUT2D eigenvalue weighted by Crippen LogP contribution is -2.03. The highest BCUT2D eigenvalue weighted by molar-refractivity contribution is 6.68. The summed E-state index contributed by atoms with van der Waals surface area (Å²) < 4.78 is 0. The molecule has 0 aliphatic heterocycles. The van der Waals surface area contributed by atoms with Gasteiger partial charge in [0.1, 0.15) is 0 Å². The standard InChI is InChI=1S/C14H6Cl2O2/c15-13(17)7-1-3-9-10-4-2-8(14(16)18)6-12(10)11(9)5-7/h1-6H. The number of benzene rings is 2. The molecule has 2 aromatic rings. The van der Waals surface area contributed by atoms with Crippen LogP contribution in [0.4, 0.5) is 0 Å². The van der Waals surface area contributed by atoms with Crippen LogP contribution in [-0.4, -0.2) is 10.5 Å². The van der Waals surface area contributed by atoms with Gasteiger partial charge in [-0.05, 0) is 69.7 Å². The molecule has 0 heterocycles. The van der Waals surface area contributed by atoms with Gasteiger partial charge >= 0.3 is 0 Å². The van der Waals surface area contributed by atoms with E-state index in [1.54, 1.807) is 24.3 Å². The van der Waals surface area contributed by atoms with Crippen molar-refractivity contribution in [1.29, 1.82) is 0 Å². The third-order valence-corrected chi connectivity index (χ3v) is 3.51. The largest absolute Gasteiger partial charge is 0.276 e. The van der Waals surface area contributed by atoms with Crippen molar-refractivity contribution in [3.05, 3.63) is 47.5 Å². The first-order valence-corrected chi connectivity index (χ1v) is 6.02. The lowest BCUT2D eigenvalue weighted by atomic mass is 9.79. The summed E-state index contributed by atoms with van der Waals surface area (Å²) in [6.07, 6.45) is 0. The van der Waals surface area contributed by atoms with Crippen LogP contribution in [0.2, 0.25) is 0 Å². The van der Waals surface area contributed by atoms with E-state index < -0.39 is 10.5 Å². The summed E-state index contributed by atoms with van der Waals surface area (Å²) in [4.78, 5) is 22.2. The average Bonchev–Trinajstić information content (AvgIpc) is 2.34. The molecule has 3 rings (SSSR count). The minimum absolute atomic E-state index is 0.448. The highest BCUT2D eigenvalue weighted by atomic mass is 35.5. The van der Waals surface area contributed by atoms with Crippen molar-refractivity contribution >= 4 is 33.7 Å². The van der Waals surface area contributed by atoms with E-state index in [0.717, 1.165) is 22.3 Å². The topological polar surface area (TPSA) is 34.1 Å². The number of carbonyl (C=O) groups is 2. The van der Waals surface area contributed by atoms with Crippen LogP contribution >= 0.6 is 23.2 Å². The van der Waals surface area contributed by atoms with E-state index in [1.807, 2.05) is 12.1 Å². The fraction of sp³-hybridized carbons (Fsp3) is 0. The van der Waals surface area contributed by atoms with Gasteiger partial charge in [0, 0.05) is 11.1 Å². The Bertz CT molecular complexity index is 643. The molecule has 18 heavy (non-hydrogen) atoms. The second kappa shape index (κ2) is 3.94. The van der Waals surface area contributed by atoms with Gasteiger partial charge in [-0.3, -0.25) is 9.59 Å². The number of hydrogen-bond donors (Lipinski definition) is 0. The van der Waals surface area contributed by atoms with Gasteiger partial charge in [0.25, 0.3) is 10.5 Å². The Labute approximate surface area is 113 Å².